The molecule has 0 saturated carbocycles. The molecule has 0 bridgehead atoms. The molecule has 0 aliphatic heterocycles. The largest absolute Gasteiger partial charge is 0.397 e. The topological polar surface area (TPSA) is 93.4 Å². The lowest BCUT2D eigenvalue weighted by atomic mass is 10.2. The van der Waals surface area contributed by atoms with Crippen LogP contribution < -0.4 is 5.73 Å². The van der Waals surface area contributed by atoms with Gasteiger partial charge in [-0.2, -0.15) is 9.94 Å². The molecule has 6 heteroatoms. The predicted octanol–water partition coefficient (Wildman–Crippen LogP) is 1.27. The van der Waals surface area contributed by atoms with E-state index in [4.69, 9.17) is 11.0 Å². The number of nitrogens with two attached hydrogens (primary N) is 1. The number of fused-ring (bicyclic) bond motifs is 1. The lowest BCUT2D eigenvalue weighted by molar-refractivity contribution is 0.799. The standard InChI is InChI=1S/C12H8N6/c13-6-8-5-9(14)7-15-12(8)18-11-4-2-1-3-10(11)16-17-18/h1-5,7H,14H2. The molecule has 1 aromatic carbocycles. The average molecular weight is 236 g/mol. The number of nitriles is 1. The Morgan fingerprint density at radius 1 is 1.28 bits per heavy atom. The summed E-state index contributed by atoms with van der Waals surface area (Å²) in [5.74, 6) is 0.431. The van der Waals surface area contributed by atoms with Crippen molar-refractivity contribution in [1.82, 2.24) is 20.0 Å². The maximum absolute atomic E-state index is 9.11. The molecular weight excluding hydrogens is 228 g/mol. The molecule has 0 atom stereocenters. The van der Waals surface area contributed by atoms with E-state index < -0.39 is 0 Å². The molecule has 2 aromatic heterocycles. The highest BCUT2D eigenvalue weighted by Crippen LogP contribution is 2.18. The van der Waals surface area contributed by atoms with Crippen molar-refractivity contribution in [3.63, 3.8) is 0 Å². The second kappa shape index (κ2) is 3.82. The predicted molar refractivity (Wildman–Crippen MR) is 65.8 cm³/mol. The molecule has 0 radical (unpaired) electrons. The monoisotopic (exact) mass is 236 g/mol. The minimum Gasteiger partial charge on any atom is -0.397 e. The fourth-order valence-electron chi connectivity index (χ4n) is 1.75. The summed E-state index contributed by atoms with van der Waals surface area (Å²) in [6.45, 7) is 0. The Hall–Kier alpha value is -2.94. The van der Waals surface area contributed by atoms with E-state index in [0.29, 0.717) is 17.1 Å². The number of hydrogen-bond acceptors (Lipinski definition) is 5. The SMILES string of the molecule is N#Cc1cc(N)cnc1-n1nnc2ccccc21. The molecule has 2 heterocycles. The molecule has 6 nitrogen and oxygen atoms in total. The summed E-state index contributed by atoms with van der Waals surface area (Å²) in [5, 5.41) is 17.1. The van der Waals surface area contributed by atoms with E-state index in [1.807, 2.05) is 24.3 Å². The van der Waals surface area contributed by atoms with Gasteiger partial charge in [-0.25, -0.2) is 4.98 Å². The average Bonchev–Trinajstić information content (AvgIpc) is 2.82. The van der Waals surface area contributed by atoms with Crippen molar-refractivity contribution in [3.05, 3.63) is 42.1 Å². The Kier molecular flexibility index (Phi) is 2.17. The number of para-hydroxylation sites is 1. The quantitative estimate of drug-likeness (QED) is 0.686. The van der Waals surface area contributed by atoms with Crippen LogP contribution in [-0.4, -0.2) is 20.0 Å². The molecule has 0 fully saturated rings. The summed E-state index contributed by atoms with van der Waals surface area (Å²) in [6, 6.07) is 11.1. The van der Waals surface area contributed by atoms with Crippen LogP contribution >= 0.6 is 0 Å². The first kappa shape index (κ1) is 10.2. The van der Waals surface area contributed by atoms with Crippen LogP contribution in [0, 0.1) is 11.3 Å². The van der Waals surface area contributed by atoms with Crippen LogP contribution in [0.5, 0.6) is 0 Å². The first-order chi connectivity index (χ1) is 8.79. The second-order valence-electron chi connectivity index (χ2n) is 3.74. The normalized spacial score (nSPS) is 10.4. The van der Waals surface area contributed by atoms with Crippen molar-refractivity contribution in [2.45, 2.75) is 0 Å². The summed E-state index contributed by atoms with van der Waals surface area (Å²) in [7, 11) is 0. The molecule has 0 unspecified atom stereocenters. The van der Waals surface area contributed by atoms with Crippen LogP contribution in [0.2, 0.25) is 0 Å². The van der Waals surface area contributed by atoms with Crippen LogP contribution in [0.3, 0.4) is 0 Å². The lowest BCUT2D eigenvalue weighted by Crippen LogP contribution is -2.04. The Balaban J connectivity index is 2.30. The van der Waals surface area contributed by atoms with Gasteiger partial charge in [-0.05, 0) is 18.2 Å². The van der Waals surface area contributed by atoms with Crippen molar-refractivity contribution in [1.29, 1.82) is 5.26 Å². The Morgan fingerprint density at radius 3 is 2.94 bits per heavy atom. The molecule has 2 N–H and O–H groups in total. The van der Waals surface area contributed by atoms with E-state index in [9.17, 15) is 0 Å². The zero-order valence-electron chi connectivity index (χ0n) is 9.28. The molecule has 3 aromatic rings. The van der Waals surface area contributed by atoms with Crippen LogP contribution in [-0.2, 0) is 0 Å². The van der Waals surface area contributed by atoms with E-state index in [0.717, 1.165) is 11.0 Å². The minimum atomic E-state index is 0.366. The highest BCUT2D eigenvalue weighted by Gasteiger charge is 2.11. The van der Waals surface area contributed by atoms with Crippen LogP contribution in [0.15, 0.2) is 36.5 Å². The van der Waals surface area contributed by atoms with Gasteiger partial charge in [0.25, 0.3) is 0 Å². The molecule has 86 valence electrons. The number of anilines is 1. The van der Waals surface area contributed by atoms with Crippen molar-refractivity contribution >= 4 is 16.7 Å². The Morgan fingerprint density at radius 2 is 2.11 bits per heavy atom. The van der Waals surface area contributed by atoms with Crippen molar-refractivity contribution < 1.29 is 0 Å². The van der Waals surface area contributed by atoms with E-state index in [1.54, 1.807) is 6.07 Å². The highest BCUT2D eigenvalue weighted by molar-refractivity contribution is 5.76. The van der Waals surface area contributed by atoms with Gasteiger partial charge in [-0.3, -0.25) is 0 Å². The number of pyridine rings is 1. The third-order valence-electron chi connectivity index (χ3n) is 2.56. The third-order valence-corrected chi connectivity index (χ3v) is 2.56. The first-order valence-corrected chi connectivity index (χ1v) is 5.26. The summed E-state index contributed by atoms with van der Waals surface area (Å²) in [6.07, 6.45) is 1.49. The maximum Gasteiger partial charge on any atom is 0.173 e. The molecule has 0 aliphatic rings. The summed E-state index contributed by atoms with van der Waals surface area (Å²) in [4.78, 5) is 4.15. The maximum atomic E-state index is 9.11. The Bertz CT molecular complexity index is 768. The van der Waals surface area contributed by atoms with Crippen LogP contribution in [0.25, 0.3) is 16.9 Å². The molecule has 0 amide bonds. The number of nitrogen functional groups attached to an aromatic ring is 1. The Labute approximate surface area is 102 Å². The third kappa shape index (κ3) is 1.46. The van der Waals surface area contributed by atoms with E-state index in [2.05, 4.69) is 21.4 Å². The van der Waals surface area contributed by atoms with Crippen molar-refractivity contribution in [3.8, 4) is 11.9 Å². The van der Waals surface area contributed by atoms with Gasteiger partial charge in [0.05, 0.1) is 23.0 Å². The van der Waals surface area contributed by atoms with E-state index >= 15 is 0 Å². The molecular formula is C12H8N6. The van der Waals surface area contributed by atoms with Gasteiger partial charge in [0.2, 0.25) is 0 Å². The van der Waals surface area contributed by atoms with Gasteiger partial charge in [-0.1, -0.05) is 17.3 Å². The molecule has 3 rings (SSSR count). The number of nitrogens with zero attached hydrogens (tertiary/aromatic N) is 5. The summed E-state index contributed by atoms with van der Waals surface area (Å²) in [5.41, 5.74) is 7.97. The number of aromatic nitrogens is 4. The molecule has 0 spiro atoms. The van der Waals surface area contributed by atoms with Crippen molar-refractivity contribution in [2.24, 2.45) is 0 Å². The molecule has 0 aliphatic carbocycles. The number of rotatable bonds is 1. The summed E-state index contributed by atoms with van der Waals surface area (Å²) >= 11 is 0. The fourth-order valence-corrected chi connectivity index (χ4v) is 1.75. The fraction of sp³-hybridized carbons (Fsp3) is 0. The van der Waals surface area contributed by atoms with Crippen LogP contribution in [0.4, 0.5) is 5.69 Å². The first-order valence-electron chi connectivity index (χ1n) is 5.26. The van der Waals surface area contributed by atoms with E-state index in [1.165, 1.54) is 10.9 Å². The second-order valence-corrected chi connectivity index (χ2v) is 3.74. The zero-order valence-corrected chi connectivity index (χ0v) is 9.28. The molecule has 18 heavy (non-hydrogen) atoms. The van der Waals surface area contributed by atoms with Crippen LogP contribution in [0.1, 0.15) is 5.56 Å². The smallest absolute Gasteiger partial charge is 0.173 e. The highest BCUT2D eigenvalue weighted by atomic mass is 15.4. The number of hydrogen-bond donors (Lipinski definition) is 1. The van der Waals surface area contributed by atoms with E-state index in [-0.39, 0.29) is 0 Å². The lowest BCUT2D eigenvalue weighted by Gasteiger charge is -2.03. The zero-order chi connectivity index (χ0) is 12.5. The van der Waals surface area contributed by atoms with Gasteiger partial charge in [0.1, 0.15) is 11.6 Å². The van der Waals surface area contributed by atoms with Gasteiger partial charge in [0.15, 0.2) is 5.82 Å². The van der Waals surface area contributed by atoms with Gasteiger partial charge in [-0.15, -0.1) is 5.10 Å². The van der Waals surface area contributed by atoms with Gasteiger partial charge >= 0.3 is 0 Å². The van der Waals surface area contributed by atoms with Crippen molar-refractivity contribution in [2.75, 3.05) is 5.73 Å². The van der Waals surface area contributed by atoms with Gasteiger partial charge in [0, 0.05) is 0 Å². The minimum absolute atomic E-state index is 0.366. The summed E-state index contributed by atoms with van der Waals surface area (Å²) < 4.78 is 1.54. The molecule has 0 saturated heterocycles. The van der Waals surface area contributed by atoms with Gasteiger partial charge < -0.3 is 5.73 Å². The number of benzene rings is 1.